The van der Waals surface area contributed by atoms with E-state index >= 15 is 0 Å². The largest absolute Gasteiger partial charge is 0.218 e. The first-order valence-corrected chi connectivity index (χ1v) is 6.83. The lowest BCUT2D eigenvalue weighted by Gasteiger charge is -2.07. The van der Waals surface area contributed by atoms with Crippen LogP contribution in [0.4, 0.5) is 0 Å². The third kappa shape index (κ3) is 2.20. The zero-order valence-corrected chi connectivity index (χ0v) is 10.6. The molecule has 2 aromatic rings. The number of rotatable bonds is 2. The van der Waals surface area contributed by atoms with Crippen LogP contribution in [0.25, 0.3) is 0 Å². The Labute approximate surface area is 111 Å². The molecule has 0 saturated heterocycles. The zero-order valence-electron chi connectivity index (χ0n) is 9.74. The fourth-order valence-electron chi connectivity index (χ4n) is 1.69. The number of hydrogen-bond donors (Lipinski definition) is 0. The predicted molar refractivity (Wildman–Crippen MR) is 67.8 cm³/mol. The van der Waals surface area contributed by atoms with Gasteiger partial charge in [-0.3, -0.25) is 0 Å². The van der Waals surface area contributed by atoms with Gasteiger partial charge in [0, 0.05) is 0 Å². The molecule has 0 N–H and O–H groups in total. The highest BCUT2D eigenvalue weighted by molar-refractivity contribution is 7.91. The van der Waals surface area contributed by atoms with Gasteiger partial charge in [-0.25, -0.2) is 8.42 Å². The third-order valence-electron chi connectivity index (χ3n) is 2.60. The molecule has 0 aliphatic heterocycles. The molecule has 0 atom stereocenters. The summed E-state index contributed by atoms with van der Waals surface area (Å²) in [6, 6.07) is 15.6. The summed E-state index contributed by atoms with van der Waals surface area (Å²) >= 11 is 0. The average molecular weight is 268 g/mol. The first-order valence-electron chi connectivity index (χ1n) is 5.34. The topological polar surface area (TPSA) is 81.7 Å². The Morgan fingerprint density at radius 2 is 1.53 bits per heavy atom. The van der Waals surface area contributed by atoms with Gasteiger partial charge in [0.1, 0.15) is 12.1 Å². The van der Waals surface area contributed by atoms with Gasteiger partial charge >= 0.3 is 0 Å². The van der Waals surface area contributed by atoms with E-state index < -0.39 is 9.84 Å². The number of sulfone groups is 1. The lowest BCUT2D eigenvalue weighted by atomic mass is 10.1. The van der Waals surface area contributed by atoms with Crippen molar-refractivity contribution in [2.24, 2.45) is 0 Å². The van der Waals surface area contributed by atoms with Gasteiger partial charge in [0.2, 0.25) is 9.84 Å². The van der Waals surface area contributed by atoms with Gasteiger partial charge in [0.05, 0.1) is 20.9 Å². The standard InChI is InChI=1S/C14H8N2O2S/c15-9-11-5-4-8-14(13(11)10-16)19(17,18)12-6-2-1-3-7-12/h1-8H. The second-order valence-electron chi connectivity index (χ2n) is 3.72. The van der Waals surface area contributed by atoms with E-state index in [0.29, 0.717) is 0 Å². The van der Waals surface area contributed by atoms with Crippen molar-refractivity contribution in [3.63, 3.8) is 0 Å². The molecule has 0 radical (unpaired) electrons. The fourth-order valence-corrected chi connectivity index (χ4v) is 3.14. The van der Waals surface area contributed by atoms with Gasteiger partial charge in [-0.15, -0.1) is 0 Å². The Kier molecular flexibility index (Phi) is 3.33. The first kappa shape index (κ1) is 12.8. The Balaban J connectivity index is 2.75. The smallest absolute Gasteiger partial charge is 0.207 e. The molecule has 0 bridgehead atoms. The molecule has 0 aliphatic carbocycles. The number of nitrogens with zero attached hydrogens (tertiary/aromatic N) is 2. The number of benzene rings is 2. The van der Waals surface area contributed by atoms with E-state index in [1.807, 2.05) is 6.07 Å². The molecule has 0 spiro atoms. The van der Waals surface area contributed by atoms with Crippen LogP contribution in [-0.4, -0.2) is 8.42 Å². The molecule has 19 heavy (non-hydrogen) atoms. The summed E-state index contributed by atoms with van der Waals surface area (Å²) < 4.78 is 24.8. The van der Waals surface area contributed by atoms with E-state index in [1.165, 1.54) is 30.3 Å². The summed E-state index contributed by atoms with van der Waals surface area (Å²) in [5.74, 6) is 0. The average Bonchev–Trinajstić information content (AvgIpc) is 2.47. The number of hydrogen-bond acceptors (Lipinski definition) is 4. The third-order valence-corrected chi connectivity index (χ3v) is 4.41. The highest BCUT2D eigenvalue weighted by atomic mass is 32.2. The molecule has 0 amide bonds. The summed E-state index contributed by atoms with van der Waals surface area (Å²) in [6.45, 7) is 0. The second kappa shape index (κ2) is 4.93. The maximum Gasteiger partial charge on any atom is 0.207 e. The Bertz CT molecular complexity index is 798. The number of nitriles is 2. The monoisotopic (exact) mass is 268 g/mol. The molecule has 0 heterocycles. The van der Waals surface area contributed by atoms with Crippen molar-refractivity contribution in [3.8, 4) is 12.1 Å². The van der Waals surface area contributed by atoms with Crippen molar-refractivity contribution in [2.75, 3.05) is 0 Å². The summed E-state index contributed by atoms with van der Waals surface area (Å²) in [4.78, 5) is -0.0400. The van der Waals surface area contributed by atoms with Crippen molar-refractivity contribution < 1.29 is 8.42 Å². The highest BCUT2D eigenvalue weighted by Gasteiger charge is 2.22. The first-order chi connectivity index (χ1) is 9.11. The minimum atomic E-state index is -3.79. The summed E-state index contributed by atoms with van der Waals surface area (Å²) in [6.07, 6.45) is 0. The van der Waals surface area contributed by atoms with Gasteiger partial charge in [-0.05, 0) is 24.3 Å². The molecular formula is C14H8N2O2S. The van der Waals surface area contributed by atoms with Crippen molar-refractivity contribution in [2.45, 2.75) is 9.79 Å². The van der Waals surface area contributed by atoms with E-state index in [0.717, 1.165) is 0 Å². The quantitative estimate of drug-likeness (QED) is 0.836. The lowest BCUT2D eigenvalue weighted by molar-refractivity contribution is 0.596. The summed E-state index contributed by atoms with van der Waals surface area (Å²) in [7, 11) is -3.79. The van der Waals surface area contributed by atoms with Crippen molar-refractivity contribution in [3.05, 3.63) is 59.7 Å². The Morgan fingerprint density at radius 3 is 2.11 bits per heavy atom. The molecule has 0 aromatic heterocycles. The predicted octanol–water partition coefficient (Wildman–Crippen LogP) is 2.26. The van der Waals surface area contributed by atoms with Gasteiger partial charge < -0.3 is 0 Å². The minimum Gasteiger partial charge on any atom is -0.218 e. The van der Waals surface area contributed by atoms with Gasteiger partial charge in [-0.1, -0.05) is 24.3 Å². The van der Waals surface area contributed by atoms with Crippen LogP contribution in [0.15, 0.2) is 58.3 Å². The van der Waals surface area contributed by atoms with E-state index in [2.05, 4.69) is 0 Å². The lowest BCUT2D eigenvalue weighted by Crippen LogP contribution is -2.05. The second-order valence-corrected chi connectivity index (χ2v) is 5.64. The van der Waals surface area contributed by atoms with E-state index in [9.17, 15) is 8.42 Å². The maximum absolute atomic E-state index is 12.4. The van der Waals surface area contributed by atoms with E-state index in [-0.39, 0.29) is 20.9 Å². The maximum atomic E-state index is 12.4. The fraction of sp³-hybridized carbons (Fsp3) is 0. The van der Waals surface area contributed by atoms with Crippen LogP contribution in [0.5, 0.6) is 0 Å². The Morgan fingerprint density at radius 1 is 0.842 bits per heavy atom. The minimum absolute atomic E-state index is 0.0551. The van der Waals surface area contributed by atoms with Crippen molar-refractivity contribution >= 4 is 9.84 Å². The van der Waals surface area contributed by atoms with Crippen molar-refractivity contribution in [1.82, 2.24) is 0 Å². The molecule has 92 valence electrons. The highest BCUT2D eigenvalue weighted by Crippen LogP contribution is 2.25. The van der Waals surface area contributed by atoms with E-state index in [4.69, 9.17) is 10.5 Å². The van der Waals surface area contributed by atoms with Gasteiger partial charge in [0.15, 0.2) is 0 Å². The molecule has 4 nitrogen and oxygen atoms in total. The van der Waals surface area contributed by atoms with Crippen LogP contribution in [0.1, 0.15) is 11.1 Å². The van der Waals surface area contributed by atoms with Gasteiger partial charge in [-0.2, -0.15) is 10.5 Å². The molecule has 0 fully saturated rings. The SMILES string of the molecule is N#Cc1cccc(S(=O)(=O)c2ccccc2)c1C#N. The molecule has 0 saturated carbocycles. The zero-order chi connectivity index (χ0) is 13.9. The Hall–Kier alpha value is -2.63. The molecule has 2 aromatic carbocycles. The molecule has 2 rings (SSSR count). The van der Waals surface area contributed by atoms with E-state index in [1.54, 1.807) is 24.3 Å². The van der Waals surface area contributed by atoms with Crippen molar-refractivity contribution in [1.29, 1.82) is 10.5 Å². The molecule has 0 unspecified atom stereocenters. The molecular weight excluding hydrogens is 260 g/mol. The normalized spacial score (nSPS) is 10.4. The summed E-state index contributed by atoms with van der Waals surface area (Å²) in [5, 5.41) is 18.0. The van der Waals surface area contributed by atoms with Gasteiger partial charge in [0.25, 0.3) is 0 Å². The summed E-state index contributed by atoms with van der Waals surface area (Å²) in [5.41, 5.74) is -0.0617. The van der Waals surface area contributed by atoms with Crippen LogP contribution in [0, 0.1) is 22.7 Å². The molecule has 5 heteroatoms. The van der Waals surface area contributed by atoms with Crippen LogP contribution in [0.2, 0.25) is 0 Å². The molecule has 0 aliphatic rings. The van der Waals surface area contributed by atoms with Crippen LogP contribution in [-0.2, 0) is 9.84 Å². The van der Waals surface area contributed by atoms with Crippen LogP contribution >= 0.6 is 0 Å². The van der Waals surface area contributed by atoms with Crippen LogP contribution in [0.3, 0.4) is 0 Å². The van der Waals surface area contributed by atoms with Crippen LogP contribution < -0.4 is 0 Å².